The Balaban J connectivity index is 2.66. The number of halogens is 2. The number of aliphatic hydroxyl groups is 1. The predicted molar refractivity (Wildman–Crippen MR) is 38.8 cm³/mol. The molecule has 3 heteroatoms. The lowest BCUT2D eigenvalue weighted by atomic mass is 10.1. The molecular weight excluding hydrogens is 159 g/mol. The van der Waals surface area contributed by atoms with Crippen molar-refractivity contribution in [3.05, 3.63) is 0 Å². The molecule has 0 aromatic rings. The van der Waals surface area contributed by atoms with Crippen molar-refractivity contribution in [3.63, 3.8) is 0 Å². The van der Waals surface area contributed by atoms with E-state index in [4.69, 9.17) is 28.3 Å². The quantitative estimate of drug-likeness (QED) is 0.593. The molecule has 0 bridgehead atoms. The third-order valence-electron chi connectivity index (χ3n) is 2.27. The van der Waals surface area contributed by atoms with E-state index in [-0.39, 0.29) is 17.9 Å². The average molecular weight is 169 g/mol. The van der Waals surface area contributed by atoms with Gasteiger partial charge in [0.25, 0.3) is 0 Å². The Bertz CT molecular complexity index is 117. The fourth-order valence-electron chi connectivity index (χ4n) is 1.10. The second kappa shape index (κ2) is 1.77. The van der Waals surface area contributed by atoms with Gasteiger partial charge in [-0.15, -0.1) is 23.2 Å². The van der Waals surface area contributed by atoms with Crippen LogP contribution in [0.15, 0.2) is 0 Å². The molecule has 0 heterocycles. The molecule has 54 valence electrons. The lowest BCUT2D eigenvalue weighted by Crippen LogP contribution is -1.96. The molecule has 1 N–H and O–H groups in total. The standard InChI is InChI=1S/C6H10Cl2O/c1-5(2)4(3-9)6(5,7)8/h4,9H,3H2,1-2H3. The van der Waals surface area contributed by atoms with Crippen LogP contribution in [-0.4, -0.2) is 16.0 Å². The van der Waals surface area contributed by atoms with Gasteiger partial charge in [-0.05, 0) is 0 Å². The monoisotopic (exact) mass is 168 g/mol. The highest BCUT2D eigenvalue weighted by atomic mass is 35.5. The topological polar surface area (TPSA) is 20.2 Å². The van der Waals surface area contributed by atoms with E-state index in [1.807, 2.05) is 13.8 Å². The summed E-state index contributed by atoms with van der Waals surface area (Å²) in [4.78, 5) is 0. The van der Waals surface area contributed by atoms with Gasteiger partial charge in [0, 0.05) is 17.9 Å². The number of alkyl halides is 2. The molecule has 9 heavy (non-hydrogen) atoms. The van der Waals surface area contributed by atoms with Crippen molar-refractivity contribution >= 4 is 23.2 Å². The third-order valence-corrected chi connectivity index (χ3v) is 3.77. The van der Waals surface area contributed by atoms with Crippen LogP contribution in [0.1, 0.15) is 13.8 Å². The highest BCUT2D eigenvalue weighted by Crippen LogP contribution is 2.68. The number of rotatable bonds is 1. The minimum atomic E-state index is -0.693. The van der Waals surface area contributed by atoms with E-state index < -0.39 is 4.33 Å². The molecule has 1 unspecified atom stereocenters. The summed E-state index contributed by atoms with van der Waals surface area (Å²) < 4.78 is -0.693. The minimum Gasteiger partial charge on any atom is -0.396 e. The zero-order valence-corrected chi connectivity index (χ0v) is 7.00. The Kier molecular flexibility index (Phi) is 1.51. The molecule has 1 atom stereocenters. The van der Waals surface area contributed by atoms with E-state index in [0.717, 1.165) is 0 Å². The second-order valence-electron chi connectivity index (χ2n) is 3.08. The summed E-state index contributed by atoms with van der Waals surface area (Å²) in [5.74, 6) is 0.0494. The maximum atomic E-state index is 8.71. The van der Waals surface area contributed by atoms with Gasteiger partial charge in [0.15, 0.2) is 0 Å². The van der Waals surface area contributed by atoms with Crippen LogP contribution in [0.3, 0.4) is 0 Å². The first-order chi connectivity index (χ1) is 3.94. The van der Waals surface area contributed by atoms with Crippen LogP contribution < -0.4 is 0 Å². The summed E-state index contributed by atoms with van der Waals surface area (Å²) in [6, 6.07) is 0. The Hall–Kier alpha value is 0.540. The van der Waals surface area contributed by atoms with E-state index in [1.54, 1.807) is 0 Å². The fourth-order valence-corrected chi connectivity index (χ4v) is 1.94. The fraction of sp³-hybridized carbons (Fsp3) is 1.00. The van der Waals surface area contributed by atoms with Crippen LogP contribution in [0.2, 0.25) is 0 Å². The number of aliphatic hydroxyl groups excluding tert-OH is 1. The zero-order valence-electron chi connectivity index (χ0n) is 5.49. The van der Waals surface area contributed by atoms with E-state index in [0.29, 0.717) is 0 Å². The number of hydrogen-bond acceptors (Lipinski definition) is 1. The van der Waals surface area contributed by atoms with Gasteiger partial charge >= 0.3 is 0 Å². The van der Waals surface area contributed by atoms with Crippen LogP contribution >= 0.6 is 23.2 Å². The summed E-state index contributed by atoms with van der Waals surface area (Å²) >= 11 is 11.6. The zero-order chi connectivity index (χ0) is 7.28. The third kappa shape index (κ3) is 0.787. The summed E-state index contributed by atoms with van der Waals surface area (Å²) in [7, 11) is 0. The van der Waals surface area contributed by atoms with Crippen LogP contribution in [-0.2, 0) is 0 Å². The molecular formula is C6H10Cl2O. The Labute approximate surface area is 65.0 Å². The SMILES string of the molecule is CC1(C)C(CO)C1(Cl)Cl. The first kappa shape index (κ1) is 7.64. The van der Waals surface area contributed by atoms with Gasteiger partial charge in [0.1, 0.15) is 4.33 Å². The summed E-state index contributed by atoms with van der Waals surface area (Å²) in [5, 5.41) is 8.71. The molecule has 0 saturated heterocycles. The lowest BCUT2D eigenvalue weighted by Gasteiger charge is -1.99. The van der Waals surface area contributed by atoms with Gasteiger partial charge in [-0.25, -0.2) is 0 Å². The van der Waals surface area contributed by atoms with Crippen molar-refractivity contribution in [1.29, 1.82) is 0 Å². The molecule has 0 spiro atoms. The van der Waals surface area contributed by atoms with Crippen molar-refractivity contribution < 1.29 is 5.11 Å². The molecule has 0 aromatic carbocycles. The summed E-state index contributed by atoms with van der Waals surface area (Å²) in [6.45, 7) is 3.99. The van der Waals surface area contributed by atoms with Gasteiger partial charge in [-0.3, -0.25) is 0 Å². The highest BCUT2D eigenvalue weighted by molar-refractivity contribution is 6.51. The van der Waals surface area contributed by atoms with E-state index >= 15 is 0 Å². The molecule has 1 rings (SSSR count). The van der Waals surface area contributed by atoms with Crippen LogP contribution in [0.25, 0.3) is 0 Å². The molecule has 1 aliphatic rings. The summed E-state index contributed by atoms with van der Waals surface area (Å²) in [6.07, 6.45) is 0. The molecule has 0 radical (unpaired) electrons. The van der Waals surface area contributed by atoms with Crippen molar-refractivity contribution in [2.75, 3.05) is 6.61 Å². The molecule has 1 aliphatic carbocycles. The van der Waals surface area contributed by atoms with E-state index in [9.17, 15) is 0 Å². The molecule has 1 saturated carbocycles. The Morgan fingerprint density at radius 2 is 1.78 bits per heavy atom. The van der Waals surface area contributed by atoms with Gasteiger partial charge < -0.3 is 5.11 Å². The van der Waals surface area contributed by atoms with Crippen LogP contribution in [0.4, 0.5) is 0 Å². The van der Waals surface area contributed by atoms with Crippen LogP contribution in [0.5, 0.6) is 0 Å². The number of hydrogen-bond donors (Lipinski definition) is 1. The normalized spacial score (nSPS) is 36.3. The van der Waals surface area contributed by atoms with Crippen molar-refractivity contribution in [2.24, 2.45) is 11.3 Å². The van der Waals surface area contributed by atoms with Gasteiger partial charge in [-0.2, -0.15) is 0 Å². The molecule has 0 aliphatic heterocycles. The smallest absolute Gasteiger partial charge is 0.129 e. The van der Waals surface area contributed by atoms with Gasteiger partial charge in [0.05, 0.1) is 0 Å². The Morgan fingerprint density at radius 3 is 1.78 bits per heavy atom. The molecule has 1 nitrogen and oxygen atoms in total. The van der Waals surface area contributed by atoms with Crippen molar-refractivity contribution in [2.45, 2.75) is 18.2 Å². The van der Waals surface area contributed by atoms with Gasteiger partial charge in [0.2, 0.25) is 0 Å². The molecule has 1 fully saturated rings. The van der Waals surface area contributed by atoms with Crippen LogP contribution in [0, 0.1) is 11.3 Å². The average Bonchev–Trinajstić information content (AvgIpc) is 2.00. The maximum Gasteiger partial charge on any atom is 0.129 e. The molecule has 0 aromatic heterocycles. The largest absolute Gasteiger partial charge is 0.396 e. The predicted octanol–water partition coefficient (Wildman–Crippen LogP) is 1.81. The van der Waals surface area contributed by atoms with Crippen molar-refractivity contribution in [3.8, 4) is 0 Å². The van der Waals surface area contributed by atoms with Crippen molar-refractivity contribution in [1.82, 2.24) is 0 Å². The van der Waals surface area contributed by atoms with E-state index in [2.05, 4.69) is 0 Å². The first-order valence-electron chi connectivity index (χ1n) is 2.93. The summed E-state index contributed by atoms with van der Waals surface area (Å²) in [5.41, 5.74) is -0.106. The van der Waals surface area contributed by atoms with E-state index in [1.165, 1.54) is 0 Å². The Morgan fingerprint density at radius 1 is 1.44 bits per heavy atom. The maximum absolute atomic E-state index is 8.71. The minimum absolute atomic E-state index is 0.0494. The first-order valence-corrected chi connectivity index (χ1v) is 3.69. The highest BCUT2D eigenvalue weighted by Gasteiger charge is 2.69. The molecule has 0 amide bonds. The van der Waals surface area contributed by atoms with Gasteiger partial charge in [-0.1, -0.05) is 13.8 Å². The lowest BCUT2D eigenvalue weighted by molar-refractivity contribution is 0.257. The second-order valence-corrected chi connectivity index (χ2v) is 4.47.